The zero-order chi connectivity index (χ0) is 15.4. The molecule has 0 aromatic heterocycles. The summed E-state index contributed by atoms with van der Waals surface area (Å²) in [6, 6.07) is 7.42. The average molecular weight is 418 g/mol. The summed E-state index contributed by atoms with van der Waals surface area (Å²) in [7, 11) is 0. The molecule has 1 aliphatic heterocycles. The summed E-state index contributed by atoms with van der Waals surface area (Å²) in [5, 5.41) is 3.73. The lowest BCUT2D eigenvalue weighted by atomic mass is 10.0. The second-order valence-electron chi connectivity index (χ2n) is 6.35. The number of likely N-dealkylation sites (tertiary alicyclic amines) is 1. The molecular formula is C17H26Br2N2. The summed E-state index contributed by atoms with van der Waals surface area (Å²) >= 11 is 7.18. The first-order valence-electron chi connectivity index (χ1n) is 7.91. The molecule has 1 N–H and O–H groups in total. The van der Waals surface area contributed by atoms with E-state index in [4.69, 9.17) is 0 Å². The van der Waals surface area contributed by atoms with Crippen LogP contribution in [-0.4, -0.2) is 30.6 Å². The molecule has 118 valence electrons. The zero-order valence-corrected chi connectivity index (χ0v) is 16.4. The van der Waals surface area contributed by atoms with E-state index >= 15 is 0 Å². The van der Waals surface area contributed by atoms with Crippen LogP contribution in [0, 0.1) is 5.92 Å². The molecule has 0 aliphatic carbocycles. The average Bonchev–Trinajstić information content (AvgIpc) is 2.92. The van der Waals surface area contributed by atoms with Gasteiger partial charge in [0.1, 0.15) is 0 Å². The summed E-state index contributed by atoms with van der Waals surface area (Å²) in [5.74, 6) is 0.691. The van der Waals surface area contributed by atoms with Gasteiger partial charge in [0.25, 0.3) is 0 Å². The Morgan fingerprint density at radius 1 is 1.14 bits per heavy atom. The highest BCUT2D eigenvalue weighted by atomic mass is 79.9. The fraction of sp³-hybridized carbons (Fsp3) is 0.647. The number of nitrogens with zero attached hydrogens (tertiary/aromatic N) is 1. The molecule has 0 radical (unpaired) electrons. The SMILES string of the molecule is CC(NCC(C(C)C)N1CCCC1)c1ccc(Br)cc1Br. The summed E-state index contributed by atoms with van der Waals surface area (Å²) in [4.78, 5) is 2.65. The first kappa shape index (κ1) is 17.5. The summed E-state index contributed by atoms with van der Waals surface area (Å²) in [6.45, 7) is 10.5. The summed E-state index contributed by atoms with van der Waals surface area (Å²) in [5.41, 5.74) is 1.32. The van der Waals surface area contributed by atoms with Crippen LogP contribution in [0.25, 0.3) is 0 Å². The maximum absolute atomic E-state index is 3.73. The van der Waals surface area contributed by atoms with Crippen molar-refractivity contribution in [3.63, 3.8) is 0 Å². The van der Waals surface area contributed by atoms with Crippen molar-refractivity contribution in [2.75, 3.05) is 19.6 Å². The van der Waals surface area contributed by atoms with Gasteiger partial charge in [0, 0.05) is 27.6 Å². The molecule has 1 aromatic carbocycles. The highest BCUT2D eigenvalue weighted by molar-refractivity contribution is 9.11. The molecule has 4 heteroatoms. The Hall–Kier alpha value is 0.1000. The maximum Gasteiger partial charge on any atom is 0.0303 e. The predicted molar refractivity (Wildman–Crippen MR) is 97.7 cm³/mol. The normalized spacial score (nSPS) is 19.1. The van der Waals surface area contributed by atoms with E-state index in [1.807, 2.05) is 0 Å². The Morgan fingerprint density at radius 3 is 2.38 bits per heavy atom. The van der Waals surface area contributed by atoms with Crippen molar-refractivity contribution in [2.45, 2.75) is 45.7 Å². The van der Waals surface area contributed by atoms with E-state index in [9.17, 15) is 0 Å². The van der Waals surface area contributed by atoms with Crippen LogP contribution in [0.3, 0.4) is 0 Å². The van der Waals surface area contributed by atoms with Gasteiger partial charge in [-0.25, -0.2) is 0 Å². The quantitative estimate of drug-likeness (QED) is 0.701. The molecule has 2 rings (SSSR count). The van der Waals surface area contributed by atoms with Gasteiger partial charge in [0.15, 0.2) is 0 Å². The molecule has 21 heavy (non-hydrogen) atoms. The first-order chi connectivity index (χ1) is 9.99. The second kappa shape index (κ2) is 8.09. The fourth-order valence-corrected chi connectivity index (χ4v) is 4.51. The Morgan fingerprint density at radius 2 is 1.81 bits per heavy atom. The molecule has 1 heterocycles. The van der Waals surface area contributed by atoms with Gasteiger partial charge in [0.05, 0.1) is 0 Å². The molecule has 1 aromatic rings. The number of benzene rings is 1. The minimum absolute atomic E-state index is 0.358. The third kappa shape index (κ3) is 4.78. The van der Waals surface area contributed by atoms with E-state index < -0.39 is 0 Å². The van der Waals surface area contributed by atoms with Gasteiger partial charge in [-0.15, -0.1) is 0 Å². The van der Waals surface area contributed by atoms with E-state index in [0.29, 0.717) is 18.0 Å². The molecule has 2 nitrogen and oxygen atoms in total. The van der Waals surface area contributed by atoms with Crippen LogP contribution in [0.4, 0.5) is 0 Å². The third-order valence-corrected chi connectivity index (χ3v) is 5.62. The van der Waals surface area contributed by atoms with Gasteiger partial charge in [-0.3, -0.25) is 4.90 Å². The molecule has 1 aliphatic rings. The van der Waals surface area contributed by atoms with E-state index in [1.54, 1.807) is 0 Å². The lowest BCUT2D eigenvalue weighted by Crippen LogP contribution is -2.44. The van der Waals surface area contributed by atoms with Gasteiger partial charge in [0.2, 0.25) is 0 Å². The van der Waals surface area contributed by atoms with Gasteiger partial charge in [-0.2, -0.15) is 0 Å². The topological polar surface area (TPSA) is 15.3 Å². The minimum Gasteiger partial charge on any atom is -0.309 e. The van der Waals surface area contributed by atoms with Crippen LogP contribution < -0.4 is 5.32 Å². The highest BCUT2D eigenvalue weighted by Gasteiger charge is 2.25. The number of nitrogens with one attached hydrogen (secondary N) is 1. The van der Waals surface area contributed by atoms with Gasteiger partial charge < -0.3 is 5.32 Å². The first-order valence-corrected chi connectivity index (χ1v) is 9.50. The number of hydrogen-bond acceptors (Lipinski definition) is 2. The molecular weight excluding hydrogens is 392 g/mol. The highest BCUT2D eigenvalue weighted by Crippen LogP contribution is 2.27. The van der Waals surface area contributed by atoms with E-state index in [2.05, 4.69) is 81.0 Å². The molecule has 0 spiro atoms. The van der Waals surface area contributed by atoms with Crippen molar-refractivity contribution in [1.82, 2.24) is 10.2 Å². The molecule has 2 unspecified atom stereocenters. The smallest absolute Gasteiger partial charge is 0.0303 e. The lowest BCUT2D eigenvalue weighted by Gasteiger charge is -2.32. The van der Waals surface area contributed by atoms with Gasteiger partial charge >= 0.3 is 0 Å². The number of hydrogen-bond donors (Lipinski definition) is 1. The summed E-state index contributed by atoms with van der Waals surface area (Å²) in [6.07, 6.45) is 2.72. The van der Waals surface area contributed by atoms with Crippen LogP contribution in [0.1, 0.15) is 45.2 Å². The Bertz CT molecular complexity index is 456. The minimum atomic E-state index is 0.358. The largest absolute Gasteiger partial charge is 0.309 e. The maximum atomic E-state index is 3.73. The van der Waals surface area contributed by atoms with Crippen LogP contribution in [0.5, 0.6) is 0 Å². The van der Waals surface area contributed by atoms with Gasteiger partial charge in [-0.05, 0) is 56.5 Å². The van der Waals surface area contributed by atoms with Crippen LogP contribution in [-0.2, 0) is 0 Å². The van der Waals surface area contributed by atoms with Crippen molar-refractivity contribution in [1.29, 1.82) is 0 Å². The van der Waals surface area contributed by atoms with Crippen molar-refractivity contribution >= 4 is 31.9 Å². The van der Waals surface area contributed by atoms with Crippen molar-refractivity contribution < 1.29 is 0 Å². The van der Waals surface area contributed by atoms with Crippen molar-refractivity contribution in [3.05, 3.63) is 32.7 Å². The molecule has 2 atom stereocenters. The van der Waals surface area contributed by atoms with Crippen molar-refractivity contribution in [2.24, 2.45) is 5.92 Å². The molecule has 0 bridgehead atoms. The number of halogens is 2. The van der Waals surface area contributed by atoms with Crippen LogP contribution >= 0.6 is 31.9 Å². The Labute approximate surface area is 145 Å². The molecule has 1 saturated heterocycles. The van der Waals surface area contributed by atoms with Gasteiger partial charge in [-0.1, -0.05) is 51.8 Å². The van der Waals surface area contributed by atoms with E-state index in [0.717, 1.165) is 11.0 Å². The molecule has 0 amide bonds. The fourth-order valence-electron chi connectivity index (χ4n) is 3.12. The molecule has 1 fully saturated rings. The van der Waals surface area contributed by atoms with Crippen molar-refractivity contribution in [3.8, 4) is 0 Å². The Balaban J connectivity index is 1.96. The predicted octanol–water partition coefficient (Wildman–Crippen LogP) is 4.98. The third-order valence-electron chi connectivity index (χ3n) is 4.44. The zero-order valence-electron chi connectivity index (χ0n) is 13.2. The molecule has 0 saturated carbocycles. The second-order valence-corrected chi connectivity index (χ2v) is 8.12. The van der Waals surface area contributed by atoms with Crippen LogP contribution in [0.2, 0.25) is 0 Å². The lowest BCUT2D eigenvalue weighted by molar-refractivity contribution is 0.183. The summed E-state index contributed by atoms with van der Waals surface area (Å²) < 4.78 is 2.28. The van der Waals surface area contributed by atoms with Crippen LogP contribution in [0.15, 0.2) is 27.1 Å². The standard InChI is InChI=1S/C17H26Br2N2/c1-12(2)17(21-8-4-5-9-21)11-20-13(3)15-7-6-14(18)10-16(15)19/h6-7,10,12-13,17,20H,4-5,8-9,11H2,1-3H3. The Kier molecular flexibility index (Phi) is 6.73. The van der Waals surface area contributed by atoms with E-state index in [-0.39, 0.29) is 0 Å². The van der Waals surface area contributed by atoms with E-state index in [1.165, 1.54) is 36.0 Å². The number of rotatable bonds is 6. The monoisotopic (exact) mass is 416 g/mol.